The minimum absolute atomic E-state index is 0.191. The van der Waals surface area contributed by atoms with Gasteiger partial charge in [-0.2, -0.15) is 0 Å². The van der Waals surface area contributed by atoms with E-state index in [1.165, 1.54) is 0 Å². The number of nitrogens with zero attached hydrogens (tertiary/aromatic N) is 1. The van der Waals surface area contributed by atoms with E-state index in [2.05, 4.69) is 16.4 Å². The number of carbonyl (C=O) groups excluding carboxylic acids is 1. The maximum absolute atomic E-state index is 14.2. The molecule has 42 heavy (non-hydrogen) atoms. The Morgan fingerprint density at radius 3 is 2.40 bits per heavy atom. The average molecular weight is 568 g/mol. The van der Waals surface area contributed by atoms with Gasteiger partial charge in [-0.3, -0.25) is 4.79 Å². The van der Waals surface area contributed by atoms with Gasteiger partial charge in [0.05, 0.1) is 57.4 Å². The highest BCUT2D eigenvalue weighted by molar-refractivity contribution is 6.08. The van der Waals surface area contributed by atoms with Gasteiger partial charge in [0.1, 0.15) is 5.75 Å². The van der Waals surface area contributed by atoms with Crippen LogP contribution in [0.5, 0.6) is 23.0 Å². The molecule has 0 bridgehead atoms. The molecule has 0 saturated heterocycles. The van der Waals surface area contributed by atoms with Crippen LogP contribution in [0.25, 0.3) is 33.1 Å². The fraction of sp³-hybridized carbons (Fsp3) is 0.273. The molecule has 0 aliphatic heterocycles. The van der Waals surface area contributed by atoms with Crippen molar-refractivity contribution in [2.75, 3.05) is 35.0 Å². The minimum Gasteiger partial charge on any atom is -0.497 e. The number of rotatable bonds is 8. The van der Waals surface area contributed by atoms with Gasteiger partial charge in [0.15, 0.2) is 11.5 Å². The van der Waals surface area contributed by atoms with Gasteiger partial charge in [0, 0.05) is 34.0 Å². The maximum Gasteiger partial charge on any atom is 0.252 e. The van der Waals surface area contributed by atoms with E-state index in [1.54, 1.807) is 52.7 Å². The lowest BCUT2D eigenvalue weighted by Crippen LogP contribution is -2.54. The molecule has 2 aromatic heterocycles. The third kappa shape index (κ3) is 4.65. The summed E-state index contributed by atoms with van der Waals surface area (Å²) >= 11 is 0. The van der Waals surface area contributed by atoms with Crippen molar-refractivity contribution < 1.29 is 28.8 Å². The van der Waals surface area contributed by atoms with Crippen molar-refractivity contribution in [3.8, 4) is 34.3 Å². The van der Waals surface area contributed by atoms with Gasteiger partial charge in [0.2, 0.25) is 5.75 Å². The van der Waals surface area contributed by atoms with E-state index in [0.29, 0.717) is 70.0 Å². The van der Waals surface area contributed by atoms with Crippen molar-refractivity contribution in [3.63, 3.8) is 0 Å². The molecule has 216 valence electrons. The van der Waals surface area contributed by atoms with Gasteiger partial charge in [-0.1, -0.05) is 18.2 Å². The standard InChI is InChI=1S/C33H33N3O6/c1-39-20-9-10-26-22(15-20)23(16-28(35-26)19-13-29(40-2)31(42-4)30(14-19)41-3)32(38)36-33(18-37)12-11-27-24(17-33)21-7-5-6-8-25(21)34-27/h5-10,13-16,34,37H,11-12,17-18H2,1-4H3,(H,36,38)/t33-/m0/s1. The fourth-order valence-corrected chi connectivity index (χ4v) is 5.95. The minimum atomic E-state index is -0.823. The highest BCUT2D eigenvalue weighted by Crippen LogP contribution is 2.42. The first-order chi connectivity index (χ1) is 20.4. The number of para-hydroxylation sites is 1. The lowest BCUT2D eigenvalue weighted by Gasteiger charge is -2.36. The van der Waals surface area contributed by atoms with Gasteiger partial charge >= 0.3 is 0 Å². The van der Waals surface area contributed by atoms with Crippen molar-refractivity contribution in [2.24, 2.45) is 0 Å². The van der Waals surface area contributed by atoms with Crippen LogP contribution in [-0.4, -0.2) is 61.6 Å². The van der Waals surface area contributed by atoms with E-state index in [1.807, 2.05) is 30.3 Å². The summed E-state index contributed by atoms with van der Waals surface area (Å²) in [7, 11) is 6.24. The molecule has 6 rings (SSSR count). The summed E-state index contributed by atoms with van der Waals surface area (Å²) in [5.74, 6) is 1.72. The number of benzene rings is 3. The molecule has 1 amide bonds. The van der Waals surface area contributed by atoms with Crippen molar-refractivity contribution in [1.82, 2.24) is 15.3 Å². The fourth-order valence-electron chi connectivity index (χ4n) is 5.95. The second-order valence-electron chi connectivity index (χ2n) is 10.5. The number of carbonyl (C=O) groups is 1. The van der Waals surface area contributed by atoms with E-state index in [-0.39, 0.29) is 12.5 Å². The Bertz CT molecular complexity index is 1790. The number of aliphatic hydroxyl groups excluding tert-OH is 1. The van der Waals surface area contributed by atoms with Crippen LogP contribution >= 0.6 is 0 Å². The zero-order chi connectivity index (χ0) is 29.4. The summed E-state index contributed by atoms with van der Waals surface area (Å²) in [4.78, 5) is 22.5. The number of pyridine rings is 1. The van der Waals surface area contributed by atoms with Crippen LogP contribution in [0, 0.1) is 0 Å². The number of ether oxygens (including phenoxy) is 4. The molecule has 2 heterocycles. The van der Waals surface area contributed by atoms with Crippen LogP contribution in [0.4, 0.5) is 0 Å². The van der Waals surface area contributed by atoms with Crippen molar-refractivity contribution in [3.05, 3.63) is 77.5 Å². The molecule has 0 spiro atoms. The Kier molecular flexibility index (Phi) is 7.12. The van der Waals surface area contributed by atoms with E-state index >= 15 is 0 Å². The van der Waals surface area contributed by atoms with Gasteiger partial charge in [0.25, 0.3) is 5.91 Å². The third-order valence-electron chi connectivity index (χ3n) is 8.17. The number of nitrogens with one attached hydrogen (secondary N) is 2. The van der Waals surface area contributed by atoms with Crippen LogP contribution in [0.2, 0.25) is 0 Å². The number of hydrogen-bond donors (Lipinski definition) is 3. The number of aromatic amines is 1. The summed E-state index contributed by atoms with van der Waals surface area (Å²) < 4.78 is 22.1. The summed E-state index contributed by atoms with van der Waals surface area (Å²) in [5, 5.41) is 15.6. The summed E-state index contributed by atoms with van der Waals surface area (Å²) in [6, 6.07) is 18.9. The molecule has 3 aromatic carbocycles. The molecule has 0 unspecified atom stereocenters. The molecule has 9 nitrogen and oxygen atoms in total. The average Bonchev–Trinajstić information content (AvgIpc) is 3.40. The molecule has 1 atom stereocenters. The van der Waals surface area contributed by atoms with Crippen LogP contribution in [-0.2, 0) is 12.8 Å². The number of aliphatic hydroxyl groups is 1. The maximum atomic E-state index is 14.2. The van der Waals surface area contributed by atoms with Crippen LogP contribution in [0.3, 0.4) is 0 Å². The van der Waals surface area contributed by atoms with E-state index < -0.39 is 5.54 Å². The highest BCUT2D eigenvalue weighted by atomic mass is 16.5. The predicted octanol–water partition coefficient (Wildman–Crippen LogP) is 5.07. The van der Waals surface area contributed by atoms with Crippen molar-refractivity contribution in [1.29, 1.82) is 0 Å². The first kappa shape index (κ1) is 27.4. The number of methoxy groups -OCH3 is 4. The third-order valence-corrected chi connectivity index (χ3v) is 8.17. The number of amides is 1. The van der Waals surface area contributed by atoms with E-state index in [9.17, 15) is 9.90 Å². The van der Waals surface area contributed by atoms with Crippen LogP contribution in [0.1, 0.15) is 28.0 Å². The molecule has 0 fully saturated rings. The van der Waals surface area contributed by atoms with Gasteiger partial charge in [-0.05, 0) is 60.9 Å². The molecular weight excluding hydrogens is 534 g/mol. The second-order valence-corrected chi connectivity index (χ2v) is 10.5. The van der Waals surface area contributed by atoms with Crippen molar-refractivity contribution >= 4 is 27.7 Å². The Morgan fingerprint density at radius 2 is 1.71 bits per heavy atom. The van der Waals surface area contributed by atoms with E-state index in [0.717, 1.165) is 22.2 Å². The Morgan fingerprint density at radius 1 is 0.952 bits per heavy atom. The molecule has 5 aromatic rings. The first-order valence-corrected chi connectivity index (χ1v) is 13.7. The largest absolute Gasteiger partial charge is 0.497 e. The van der Waals surface area contributed by atoms with Crippen LogP contribution in [0.15, 0.2) is 60.7 Å². The summed E-state index contributed by atoms with van der Waals surface area (Å²) in [6.45, 7) is -0.191. The molecular formula is C33H33N3O6. The molecule has 0 saturated carbocycles. The van der Waals surface area contributed by atoms with Crippen LogP contribution < -0.4 is 24.3 Å². The molecule has 0 radical (unpaired) electrons. The molecule has 3 N–H and O–H groups in total. The zero-order valence-electron chi connectivity index (χ0n) is 24.0. The number of fused-ring (bicyclic) bond motifs is 4. The number of aromatic nitrogens is 2. The number of aryl methyl sites for hydroxylation is 1. The number of H-pyrrole nitrogens is 1. The summed E-state index contributed by atoms with van der Waals surface area (Å²) in [6.07, 6.45) is 1.83. The van der Waals surface area contributed by atoms with Gasteiger partial charge in [-0.25, -0.2) is 4.98 Å². The van der Waals surface area contributed by atoms with Crippen molar-refractivity contribution in [2.45, 2.75) is 24.8 Å². The second kappa shape index (κ2) is 10.9. The van der Waals surface area contributed by atoms with Gasteiger partial charge < -0.3 is 34.4 Å². The van der Waals surface area contributed by atoms with E-state index in [4.69, 9.17) is 23.9 Å². The lowest BCUT2D eigenvalue weighted by atomic mass is 9.80. The monoisotopic (exact) mass is 567 g/mol. The SMILES string of the molecule is COc1ccc2nc(-c3cc(OC)c(OC)c(OC)c3)cc(C(=O)N[C@@]3(CO)CCc4[nH]c5ccccc5c4C3)c2c1. The Balaban J connectivity index is 1.44. The highest BCUT2D eigenvalue weighted by Gasteiger charge is 2.37. The lowest BCUT2D eigenvalue weighted by molar-refractivity contribution is 0.0810. The molecule has 1 aliphatic rings. The Hall–Kier alpha value is -4.76. The predicted molar refractivity (Wildman–Crippen MR) is 161 cm³/mol. The van der Waals surface area contributed by atoms with Gasteiger partial charge in [-0.15, -0.1) is 0 Å². The first-order valence-electron chi connectivity index (χ1n) is 13.7. The quantitative estimate of drug-likeness (QED) is 0.240. The zero-order valence-corrected chi connectivity index (χ0v) is 24.0. The smallest absolute Gasteiger partial charge is 0.252 e. The Labute approximate surface area is 243 Å². The normalized spacial score (nSPS) is 16.2. The molecule has 9 heteroatoms. The summed E-state index contributed by atoms with van der Waals surface area (Å²) in [5.41, 5.74) is 4.80. The molecule has 1 aliphatic carbocycles. The number of hydrogen-bond acceptors (Lipinski definition) is 7. The topological polar surface area (TPSA) is 115 Å².